The molecule has 0 aliphatic carbocycles. The third-order valence-electron chi connectivity index (χ3n) is 2.59. The highest BCUT2D eigenvalue weighted by Gasteiger charge is 2.17. The van der Waals surface area contributed by atoms with E-state index in [2.05, 4.69) is 24.8 Å². The van der Waals surface area contributed by atoms with Crippen molar-refractivity contribution < 1.29 is 0 Å². The second kappa shape index (κ2) is 3.82. The number of nitrogens with two attached hydrogens (primary N) is 1. The van der Waals surface area contributed by atoms with Crippen molar-refractivity contribution in [3.63, 3.8) is 0 Å². The normalized spacial score (nSPS) is 16.9. The Labute approximate surface area is 96.7 Å². The lowest BCUT2D eigenvalue weighted by Crippen LogP contribution is -2.33. The molecule has 3 heterocycles. The Hall–Kier alpha value is -1.50. The molecule has 0 bridgehead atoms. The van der Waals surface area contributed by atoms with E-state index in [1.807, 2.05) is 11.8 Å². The standard InChI is InChI=1S/C9H12N6S/c10-9-13-7-6(11-5-12-7)8(14-9)15-1-3-16-4-2-15/h5H,1-4H2,(H3,10,11,12,13,14). The first-order chi connectivity index (χ1) is 7.84. The second-order valence-corrected chi connectivity index (χ2v) is 4.83. The van der Waals surface area contributed by atoms with Gasteiger partial charge in [-0.1, -0.05) is 0 Å². The lowest BCUT2D eigenvalue weighted by molar-refractivity contribution is 0.842. The van der Waals surface area contributed by atoms with Crippen molar-refractivity contribution in [1.82, 2.24) is 19.9 Å². The summed E-state index contributed by atoms with van der Waals surface area (Å²) in [5, 5.41) is 0. The zero-order valence-corrected chi connectivity index (χ0v) is 9.50. The largest absolute Gasteiger partial charge is 0.368 e. The Morgan fingerprint density at radius 1 is 1.31 bits per heavy atom. The summed E-state index contributed by atoms with van der Waals surface area (Å²) >= 11 is 1.96. The van der Waals surface area contributed by atoms with E-state index in [4.69, 9.17) is 5.73 Å². The number of nitrogens with one attached hydrogen (secondary N) is 1. The highest BCUT2D eigenvalue weighted by Crippen LogP contribution is 2.24. The van der Waals surface area contributed by atoms with E-state index >= 15 is 0 Å². The summed E-state index contributed by atoms with van der Waals surface area (Å²) < 4.78 is 0. The Bertz CT molecular complexity index is 504. The number of rotatable bonds is 1. The minimum absolute atomic E-state index is 0.285. The molecule has 84 valence electrons. The van der Waals surface area contributed by atoms with Crippen LogP contribution in [0, 0.1) is 0 Å². The fraction of sp³-hybridized carbons (Fsp3) is 0.444. The van der Waals surface area contributed by atoms with Crippen LogP contribution < -0.4 is 10.6 Å². The van der Waals surface area contributed by atoms with Gasteiger partial charge in [0, 0.05) is 24.6 Å². The molecule has 6 nitrogen and oxygen atoms in total. The van der Waals surface area contributed by atoms with Crippen LogP contribution in [0.3, 0.4) is 0 Å². The number of aromatic amines is 1. The fourth-order valence-electron chi connectivity index (χ4n) is 1.84. The van der Waals surface area contributed by atoms with E-state index in [9.17, 15) is 0 Å². The van der Waals surface area contributed by atoms with Crippen LogP contribution in [-0.2, 0) is 0 Å². The smallest absolute Gasteiger partial charge is 0.224 e. The third kappa shape index (κ3) is 1.57. The van der Waals surface area contributed by atoms with Gasteiger partial charge >= 0.3 is 0 Å². The number of imidazole rings is 1. The first-order valence-corrected chi connectivity index (χ1v) is 6.29. The number of H-pyrrole nitrogens is 1. The quantitative estimate of drug-likeness (QED) is 0.749. The lowest BCUT2D eigenvalue weighted by Gasteiger charge is -2.27. The molecule has 0 saturated carbocycles. The van der Waals surface area contributed by atoms with Crippen molar-refractivity contribution in [2.45, 2.75) is 0 Å². The molecule has 1 aliphatic heterocycles. The van der Waals surface area contributed by atoms with Crippen LogP contribution >= 0.6 is 11.8 Å². The van der Waals surface area contributed by atoms with Crippen LogP contribution in [-0.4, -0.2) is 44.5 Å². The van der Waals surface area contributed by atoms with Crippen molar-refractivity contribution >= 4 is 34.7 Å². The summed E-state index contributed by atoms with van der Waals surface area (Å²) in [6.07, 6.45) is 1.63. The Kier molecular flexibility index (Phi) is 2.32. The van der Waals surface area contributed by atoms with Gasteiger partial charge in [0.1, 0.15) is 5.52 Å². The molecule has 2 aromatic heterocycles. The summed E-state index contributed by atoms with van der Waals surface area (Å²) in [5.74, 6) is 3.41. The van der Waals surface area contributed by atoms with E-state index in [0.29, 0.717) is 5.65 Å². The fourth-order valence-corrected chi connectivity index (χ4v) is 2.74. The van der Waals surface area contributed by atoms with Crippen molar-refractivity contribution in [3.8, 4) is 0 Å². The molecule has 0 atom stereocenters. The summed E-state index contributed by atoms with van der Waals surface area (Å²) in [6.45, 7) is 1.99. The van der Waals surface area contributed by atoms with Crippen molar-refractivity contribution in [2.75, 3.05) is 35.2 Å². The SMILES string of the molecule is Nc1nc(N2CCSCC2)c2[nH]cnc2n1. The molecular formula is C9H12N6S. The molecule has 0 spiro atoms. The molecule has 0 amide bonds. The summed E-state index contributed by atoms with van der Waals surface area (Å²) in [6, 6.07) is 0. The molecule has 1 aliphatic rings. The van der Waals surface area contributed by atoms with Gasteiger partial charge in [0.2, 0.25) is 5.95 Å². The minimum Gasteiger partial charge on any atom is -0.368 e. The number of hydrogen-bond donors (Lipinski definition) is 2. The van der Waals surface area contributed by atoms with Crippen molar-refractivity contribution in [2.24, 2.45) is 0 Å². The number of nitrogen functional groups attached to an aromatic ring is 1. The number of nitrogens with zero attached hydrogens (tertiary/aromatic N) is 4. The Morgan fingerprint density at radius 3 is 2.94 bits per heavy atom. The minimum atomic E-state index is 0.285. The zero-order chi connectivity index (χ0) is 11.0. The van der Waals surface area contributed by atoms with Gasteiger partial charge in [-0.05, 0) is 0 Å². The zero-order valence-electron chi connectivity index (χ0n) is 8.68. The summed E-state index contributed by atoms with van der Waals surface area (Å²) in [5.41, 5.74) is 7.20. The Morgan fingerprint density at radius 2 is 2.12 bits per heavy atom. The van der Waals surface area contributed by atoms with Gasteiger partial charge in [0.25, 0.3) is 0 Å². The van der Waals surface area contributed by atoms with Gasteiger partial charge < -0.3 is 15.6 Å². The number of anilines is 2. The van der Waals surface area contributed by atoms with Gasteiger partial charge in [-0.3, -0.25) is 0 Å². The van der Waals surface area contributed by atoms with E-state index in [1.165, 1.54) is 0 Å². The maximum atomic E-state index is 5.68. The molecule has 3 N–H and O–H groups in total. The van der Waals surface area contributed by atoms with E-state index in [1.54, 1.807) is 6.33 Å². The summed E-state index contributed by atoms with van der Waals surface area (Å²) in [4.78, 5) is 17.8. The first kappa shape index (κ1) is 9.71. The molecule has 3 rings (SSSR count). The number of fused-ring (bicyclic) bond motifs is 1. The molecule has 0 aromatic carbocycles. The van der Waals surface area contributed by atoms with Crippen LogP contribution in [0.4, 0.5) is 11.8 Å². The van der Waals surface area contributed by atoms with E-state index in [-0.39, 0.29) is 5.95 Å². The Balaban J connectivity index is 2.09. The molecule has 7 heteroatoms. The van der Waals surface area contributed by atoms with Gasteiger partial charge in [0.15, 0.2) is 11.5 Å². The third-order valence-corrected chi connectivity index (χ3v) is 3.54. The molecule has 1 saturated heterocycles. The molecule has 1 fully saturated rings. The average molecular weight is 236 g/mol. The number of aromatic nitrogens is 4. The van der Waals surface area contributed by atoms with Crippen molar-refractivity contribution in [3.05, 3.63) is 6.33 Å². The topological polar surface area (TPSA) is 83.7 Å². The van der Waals surface area contributed by atoms with Gasteiger partial charge in [-0.15, -0.1) is 0 Å². The second-order valence-electron chi connectivity index (χ2n) is 3.61. The van der Waals surface area contributed by atoms with Gasteiger partial charge in [-0.2, -0.15) is 21.7 Å². The maximum Gasteiger partial charge on any atom is 0.224 e. The highest BCUT2D eigenvalue weighted by molar-refractivity contribution is 7.99. The van der Waals surface area contributed by atoms with Crippen LogP contribution in [0.5, 0.6) is 0 Å². The van der Waals surface area contributed by atoms with E-state index < -0.39 is 0 Å². The number of hydrogen-bond acceptors (Lipinski definition) is 6. The van der Waals surface area contributed by atoms with Gasteiger partial charge in [-0.25, -0.2) is 4.98 Å². The lowest BCUT2D eigenvalue weighted by atomic mass is 10.4. The van der Waals surface area contributed by atoms with E-state index in [0.717, 1.165) is 35.9 Å². The van der Waals surface area contributed by atoms with Gasteiger partial charge in [0.05, 0.1) is 6.33 Å². The average Bonchev–Trinajstić information content (AvgIpc) is 2.77. The van der Waals surface area contributed by atoms with Crippen LogP contribution in [0.25, 0.3) is 11.2 Å². The van der Waals surface area contributed by atoms with Crippen LogP contribution in [0.2, 0.25) is 0 Å². The van der Waals surface area contributed by atoms with Crippen LogP contribution in [0.15, 0.2) is 6.33 Å². The van der Waals surface area contributed by atoms with Crippen molar-refractivity contribution in [1.29, 1.82) is 0 Å². The monoisotopic (exact) mass is 236 g/mol. The molecule has 0 radical (unpaired) electrons. The molecule has 16 heavy (non-hydrogen) atoms. The first-order valence-electron chi connectivity index (χ1n) is 5.14. The molecular weight excluding hydrogens is 224 g/mol. The predicted molar refractivity (Wildman–Crippen MR) is 65.6 cm³/mol. The number of thioether (sulfide) groups is 1. The van der Waals surface area contributed by atoms with Crippen LogP contribution in [0.1, 0.15) is 0 Å². The molecule has 0 unspecified atom stereocenters. The predicted octanol–water partition coefficient (Wildman–Crippen LogP) is 0.488. The summed E-state index contributed by atoms with van der Waals surface area (Å²) in [7, 11) is 0. The molecule has 2 aromatic rings. The maximum absolute atomic E-state index is 5.68. The highest BCUT2D eigenvalue weighted by atomic mass is 32.2.